The highest BCUT2D eigenvalue weighted by Crippen LogP contribution is 2.13. The van der Waals surface area contributed by atoms with Crippen LogP contribution in [0.25, 0.3) is 0 Å². The maximum absolute atomic E-state index is 8.81. The van der Waals surface area contributed by atoms with Crippen molar-refractivity contribution in [2.45, 2.75) is 6.61 Å². The minimum absolute atomic E-state index is 0.0458. The van der Waals surface area contributed by atoms with Crippen LogP contribution in [0, 0.1) is 0 Å². The van der Waals surface area contributed by atoms with Crippen molar-refractivity contribution in [3.8, 4) is 0 Å². The third-order valence-corrected chi connectivity index (χ3v) is 1.46. The maximum atomic E-state index is 8.81. The Hall–Kier alpha value is -1.59. The van der Waals surface area contributed by atoms with Crippen molar-refractivity contribution in [2.24, 2.45) is 10.7 Å². The van der Waals surface area contributed by atoms with Crippen LogP contribution in [0.3, 0.4) is 0 Å². The molecule has 0 fully saturated rings. The van der Waals surface area contributed by atoms with E-state index in [1.165, 1.54) is 0 Å². The Balaban J connectivity index is 2.89. The summed E-state index contributed by atoms with van der Waals surface area (Å²) in [4.78, 5) is 3.81. The summed E-state index contributed by atoms with van der Waals surface area (Å²) in [5.41, 5.74) is 8.26. The monoisotopic (exact) mass is 181 g/mol. The van der Waals surface area contributed by atoms with Gasteiger partial charge in [0.2, 0.25) is 5.96 Å². The van der Waals surface area contributed by atoms with E-state index in [4.69, 9.17) is 16.0 Å². The summed E-state index contributed by atoms with van der Waals surface area (Å²) >= 11 is 0. The van der Waals surface area contributed by atoms with Crippen LogP contribution in [-0.2, 0) is 6.61 Å². The first-order valence-corrected chi connectivity index (χ1v) is 3.70. The van der Waals surface area contributed by atoms with Gasteiger partial charge in [-0.2, -0.15) is 0 Å². The van der Waals surface area contributed by atoms with Gasteiger partial charge in [-0.3, -0.25) is 5.21 Å². The van der Waals surface area contributed by atoms with E-state index in [2.05, 4.69) is 4.99 Å². The van der Waals surface area contributed by atoms with Crippen LogP contribution in [0.2, 0.25) is 0 Å². The lowest BCUT2D eigenvalue weighted by molar-refractivity contribution is 0.233. The van der Waals surface area contributed by atoms with Crippen LogP contribution in [0.4, 0.5) is 5.69 Å². The van der Waals surface area contributed by atoms with Crippen molar-refractivity contribution < 1.29 is 10.3 Å². The zero-order valence-electron chi connectivity index (χ0n) is 6.94. The van der Waals surface area contributed by atoms with E-state index in [-0.39, 0.29) is 12.6 Å². The van der Waals surface area contributed by atoms with Gasteiger partial charge in [0.05, 0.1) is 12.3 Å². The van der Waals surface area contributed by atoms with Crippen LogP contribution in [0.5, 0.6) is 0 Å². The molecular formula is C8H11N3O2. The normalized spacial score (nSPS) is 11.4. The van der Waals surface area contributed by atoms with Gasteiger partial charge in [0, 0.05) is 0 Å². The summed E-state index contributed by atoms with van der Waals surface area (Å²) in [5, 5.41) is 17.2. The van der Waals surface area contributed by atoms with Crippen LogP contribution in [0.15, 0.2) is 29.3 Å². The van der Waals surface area contributed by atoms with Gasteiger partial charge in [0.15, 0.2) is 0 Å². The fraction of sp³-hybridized carbons (Fsp3) is 0.125. The second kappa shape index (κ2) is 4.44. The quantitative estimate of drug-likeness (QED) is 0.296. The van der Waals surface area contributed by atoms with Crippen LogP contribution < -0.4 is 11.2 Å². The van der Waals surface area contributed by atoms with Crippen LogP contribution in [0.1, 0.15) is 5.56 Å². The number of hydrogen-bond donors (Lipinski definition) is 4. The summed E-state index contributed by atoms with van der Waals surface area (Å²) in [7, 11) is 0. The molecule has 0 aliphatic heterocycles. The summed E-state index contributed by atoms with van der Waals surface area (Å²) in [5.74, 6) is -0.0879. The molecule has 5 heteroatoms. The molecule has 1 aromatic rings. The number of aliphatic hydroxyl groups is 1. The van der Waals surface area contributed by atoms with Gasteiger partial charge < -0.3 is 10.8 Å². The van der Waals surface area contributed by atoms with Gasteiger partial charge in [-0.05, 0) is 17.7 Å². The van der Waals surface area contributed by atoms with Crippen molar-refractivity contribution in [3.05, 3.63) is 29.8 Å². The first-order chi connectivity index (χ1) is 6.26. The molecule has 5 nitrogen and oxygen atoms in total. The average Bonchev–Trinajstić information content (AvgIpc) is 2.18. The molecule has 0 saturated carbocycles. The molecular weight excluding hydrogens is 170 g/mol. The molecule has 0 amide bonds. The number of nitrogens with two attached hydrogens (primary N) is 1. The van der Waals surface area contributed by atoms with Crippen LogP contribution in [-0.4, -0.2) is 16.3 Å². The highest BCUT2D eigenvalue weighted by atomic mass is 16.5. The van der Waals surface area contributed by atoms with E-state index in [0.717, 1.165) is 5.56 Å². The molecule has 0 saturated heterocycles. The number of rotatable bonds is 2. The molecule has 5 N–H and O–H groups in total. The minimum Gasteiger partial charge on any atom is -0.392 e. The number of hydroxylamine groups is 1. The minimum atomic E-state index is -0.0879. The number of hydrogen-bond acceptors (Lipinski definition) is 3. The van der Waals surface area contributed by atoms with Crippen molar-refractivity contribution >= 4 is 11.6 Å². The first kappa shape index (κ1) is 9.50. The summed E-state index contributed by atoms with van der Waals surface area (Å²) in [6, 6.07) is 6.89. The largest absolute Gasteiger partial charge is 0.392 e. The van der Waals surface area contributed by atoms with E-state index in [1.807, 2.05) is 0 Å². The fourth-order valence-corrected chi connectivity index (χ4v) is 0.888. The Morgan fingerprint density at radius 2 is 2.31 bits per heavy atom. The molecule has 70 valence electrons. The van der Waals surface area contributed by atoms with Crippen molar-refractivity contribution in [1.29, 1.82) is 0 Å². The molecule has 0 heterocycles. The maximum Gasteiger partial charge on any atom is 0.218 e. The van der Waals surface area contributed by atoms with Gasteiger partial charge in [0.25, 0.3) is 0 Å². The summed E-state index contributed by atoms with van der Waals surface area (Å²) in [6.45, 7) is -0.0458. The lowest BCUT2D eigenvalue weighted by Gasteiger charge is -1.99. The third kappa shape index (κ3) is 2.73. The molecule has 0 bridgehead atoms. The molecule has 1 aromatic carbocycles. The highest BCUT2D eigenvalue weighted by molar-refractivity contribution is 5.79. The highest BCUT2D eigenvalue weighted by Gasteiger charge is 1.93. The van der Waals surface area contributed by atoms with Gasteiger partial charge in [-0.25, -0.2) is 10.5 Å². The molecule has 0 aromatic heterocycles. The fourth-order valence-electron chi connectivity index (χ4n) is 0.888. The molecule has 13 heavy (non-hydrogen) atoms. The Morgan fingerprint density at radius 1 is 1.54 bits per heavy atom. The molecule has 0 spiro atoms. The SMILES string of the molecule is NC(=Nc1cccc(CO)c1)NO. The topological polar surface area (TPSA) is 90.9 Å². The first-order valence-electron chi connectivity index (χ1n) is 3.70. The second-order valence-corrected chi connectivity index (χ2v) is 2.44. The predicted molar refractivity (Wildman–Crippen MR) is 48.6 cm³/mol. The van der Waals surface area contributed by atoms with E-state index >= 15 is 0 Å². The van der Waals surface area contributed by atoms with Gasteiger partial charge >= 0.3 is 0 Å². The number of guanidine groups is 1. The molecule has 0 aliphatic carbocycles. The Labute approximate surface area is 75.5 Å². The molecule has 1 rings (SSSR count). The van der Waals surface area contributed by atoms with Gasteiger partial charge in [-0.15, -0.1) is 0 Å². The Bertz CT molecular complexity index is 312. The van der Waals surface area contributed by atoms with Crippen LogP contribution >= 0.6 is 0 Å². The number of nitrogens with one attached hydrogen (secondary N) is 1. The van der Waals surface area contributed by atoms with E-state index < -0.39 is 0 Å². The van der Waals surface area contributed by atoms with E-state index in [9.17, 15) is 0 Å². The van der Waals surface area contributed by atoms with Gasteiger partial charge in [0.1, 0.15) is 0 Å². The summed E-state index contributed by atoms with van der Waals surface area (Å²) < 4.78 is 0. The number of aliphatic hydroxyl groups excluding tert-OH is 1. The Morgan fingerprint density at radius 3 is 2.92 bits per heavy atom. The Kier molecular flexibility index (Phi) is 3.24. The van der Waals surface area contributed by atoms with E-state index in [0.29, 0.717) is 5.69 Å². The third-order valence-electron chi connectivity index (χ3n) is 1.46. The number of aliphatic imine (C=N–C) groups is 1. The van der Waals surface area contributed by atoms with Crippen molar-refractivity contribution in [1.82, 2.24) is 5.48 Å². The van der Waals surface area contributed by atoms with Crippen molar-refractivity contribution in [2.75, 3.05) is 0 Å². The molecule has 0 unspecified atom stereocenters. The lowest BCUT2D eigenvalue weighted by atomic mass is 10.2. The lowest BCUT2D eigenvalue weighted by Crippen LogP contribution is -2.27. The standard InChI is InChI=1S/C8H11N3O2/c9-8(11-13)10-7-3-1-2-6(4-7)5-12/h1-4,12-13H,5H2,(H3,9,10,11). The number of benzene rings is 1. The molecule has 0 atom stereocenters. The van der Waals surface area contributed by atoms with Gasteiger partial charge in [-0.1, -0.05) is 12.1 Å². The predicted octanol–water partition coefficient (Wildman–Crippen LogP) is 0.104. The zero-order chi connectivity index (χ0) is 9.68. The molecule has 0 aliphatic rings. The second-order valence-electron chi connectivity index (χ2n) is 2.44. The van der Waals surface area contributed by atoms with Crippen molar-refractivity contribution in [3.63, 3.8) is 0 Å². The number of nitrogens with zero attached hydrogens (tertiary/aromatic N) is 1. The van der Waals surface area contributed by atoms with E-state index in [1.54, 1.807) is 29.7 Å². The molecule has 0 radical (unpaired) electrons. The smallest absolute Gasteiger partial charge is 0.218 e. The average molecular weight is 181 g/mol. The summed E-state index contributed by atoms with van der Waals surface area (Å²) in [6.07, 6.45) is 0. The zero-order valence-corrected chi connectivity index (χ0v) is 6.94.